The molecule has 2 aromatic carbocycles. The standard InChI is InChI=1S/C20H19N3O2/c1-4-25-18-8-6-14(11-19(18)24-3)10-15(12-21)20-22-16-7-5-13(2)9-17(16)23-20/h5-11H,4H2,1-3H3,(H,22,23)/b15-10+. The molecule has 0 aliphatic heterocycles. The smallest absolute Gasteiger partial charge is 0.161 e. The van der Waals surface area contributed by atoms with Gasteiger partial charge in [-0.05, 0) is 55.3 Å². The molecule has 0 amide bonds. The van der Waals surface area contributed by atoms with E-state index in [-0.39, 0.29) is 0 Å². The highest BCUT2D eigenvalue weighted by Gasteiger charge is 2.10. The van der Waals surface area contributed by atoms with E-state index in [0.717, 1.165) is 22.2 Å². The van der Waals surface area contributed by atoms with Crippen LogP contribution >= 0.6 is 0 Å². The fourth-order valence-electron chi connectivity index (χ4n) is 2.62. The van der Waals surface area contributed by atoms with Crippen molar-refractivity contribution in [2.45, 2.75) is 13.8 Å². The molecular weight excluding hydrogens is 314 g/mol. The number of methoxy groups -OCH3 is 1. The number of aryl methyl sites for hydroxylation is 1. The summed E-state index contributed by atoms with van der Waals surface area (Å²) in [5, 5.41) is 9.55. The zero-order valence-electron chi connectivity index (χ0n) is 14.5. The van der Waals surface area contributed by atoms with E-state index in [2.05, 4.69) is 16.0 Å². The summed E-state index contributed by atoms with van der Waals surface area (Å²) in [6.07, 6.45) is 1.78. The first-order valence-corrected chi connectivity index (χ1v) is 8.04. The molecule has 0 aliphatic carbocycles. The van der Waals surface area contributed by atoms with Crippen LogP contribution in [0.5, 0.6) is 11.5 Å². The Bertz CT molecular complexity index is 980. The van der Waals surface area contributed by atoms with E-state index < -0.39 is 0 Å². The lowest BCUT2D eigenvalue weighted by molar-refractivity contribution is 0.311. The number of imidazole rings is 1. The number of ether oxygens (including phenoxy) is 2. The first kappa shape index (κ1) is 16.6. The first-order valence-electron chi connectivity index (χ1n) is 8.04. The minimum absolute atomic E-state index is 0.458. The van der Waals surface area contributed by atoms with Gasteiger partial charge in [-0.3, -0.25) is 0 Å². The van der Waals surface area contributed by atoms with Crippen molar-refractivity contribution < 1.29 is 9.47 Å². The third-order valence-electron chi connectivity index (χ3n) is 3.81. The van der Waals surface area contributed by atoms with Crippen LogP contribution in [0.1, 0.15) is 23.9 Å². The monoisotopic (exact) mass is 333 g/mol. The lowest BCUT2D eigenvalue weighted by Crippen LogP contribution is -1.95. The Labute approximate surface area is 146 Å². The fourth-order valence-corrected chi connectivity index (χ4v) is 2.62. The molecule has 1 N–H and O–H groups in total. The summed E-state index contributed by atoms with van der Waals surface area (Å²) >= 11 is 0. The molecule has 5 heteroatoms. The maximum absolute atomic E-state index is 9.55. The molecule has 0 saturated heterocycles. The quantitative estimate of drug-likeness (QED) is 0.705. The second-order valence-corrected chi connectivity index (χ2v) is 5.62. The molecule has 0 aliphatic rings. The molecule has 3 aromatic rings. The Morgan fingerprint density at radius 1 is 1.24 bits per heavy atom. The van der Waals surface area contributed by atoms with Gasteiger partial charge in [0.05, 0.1) is 30.3 Å². The van der Waals surface area contributed by atoms with Gasteiger partial charge in [0, 0.05) is 0 Å². The van der Waals surface area contributed by atoms with E-state index in [1.165, 1.54) is 0 Å². The lowest BCUT2D eigenvalue weighted by Gasteiger charge is -2.09. The number of nitrogens with zero attached hydrogens (tertiary/aromatic N) is 2. The number of aromatic nitrogens is 2. The minimum Gasteiger partial charge on any atom is -0.493 e. The van der Waals surface area contributed by atoms with E-state index in [9.17, 15) is 5.26 Å². The summed E-state index contributed by atoms with van der Waals surface area (Å²) < 4.78 is 10.9. The molecule has 0 radical (unpaired) electrons. The van der Waals surface area contributed by atoms with Crippen molar-refractivity contribution in [3.63, 3.8) is 0 Å². The Hall–Kier alpha value is -3.26. The maximum atomic E-state index is 9.55. The number of fused-ring (bicyclic) bond motifs is 1. The average molecular weight is 333 g/mol. The number of hydrogen-bond acceptors (Lipinski definition) is 4. The maximum Gasteiger partial charge on any atom is 0.161 e. The number of nitriles is 1. The first-order chi connectivity index (χ1) is 12.1. The van der Waals surface area contributed by atoms with E-state index in [4.69, 9.17) is 9.47 Å². The van der Waals surface area contributed by atoms with Crippen LogP contribution in [0.3, 0.4) is 0 Å². The molecule has 0 saturated carbocycles. The van der Waals surface area contributed by atoms with Crippen LogP contribution in [0.4, 0.5) is 0 Å². The number of rotatable bonds is 5. The highest BCUT2D eigenvalue weighted by Crippen LogP contribution is 2.29. The van der Waals surface area contributed by atoms with Crippen LogP contribution in [-0.2, 0) is 0 Å². The van der Waals surface area contributed by atoms with Crippen LogP contribution in [0, 0.1) is 18.3 Å². The van der Waals surface area contributed by atoms with Crippen LogP contribution in [0.25, 0.3) is 22.7 Å². The summed E-state index contributed by atoms with van der Waals surface area (Å²) in [5.41, 5.74) is 4.20. The van der Waals surface area contributed by atoms with Crippen molar-refractivity contribution in [2.24, 2.45) is 0 Å². The Kier molecular flexibility index (Phi) is 4.71. The third-order valence-corrected chi connectivity index (χ3v) is 3.81. The van der Waals surface area contributed by atoms with Gasteiger partial charge in [0.15, 0.2) is 11.5 Å². The molecule has 1 heterocycles. The minimum atomic E-state index is 0.458. The topological polar surface area (TPSA) is 70.9 Å². The lowest BCUT2D eigenvalue weighted by atomic mass is 10.1. The van der Waals surface area contributed by atoms with Crippen molar-refractivity contribution in [1.82, 2.24) is 9.97 Å². The second kappa shape index (κ2) is 7.10. The largest absolute Gasteiger partial charge is 0.493 e. The summed E-state index contributed by atoms with van der Waals surface area (Å²) in [7, 11) is 1.60. The molecule has 0 bridgehead atoms. The number of aromatic amines is 1. The summed E-state index contributed by atoms with van der Waals surface area (Å²) in [5.74, 6) is 1.86. The number of benzene rings is 2. The molecule has 0 unspecified atom stereocenters. The van der Waals surface area contributed by atoms with Crippen LogP contribution < -0.4 is 9.47 Å². The third kappa shape index (κ3) is 3.48. The highest BCUT2D eigenvalue weighted by molar-refractivity contribution is 5.90. The zero-order valence-corrected chi connectivity index (χ0v) is 14.5. The van der Waals surface area contributed by atoms with Crippen molar-refractivity contribution in [3.8, 4) is 17.6 Å². The number of H-pyrrole nitrogens is 1. The molecule has 1 aromatic heterocycles. The molecular formula is C20H19N3O2. The van der Waals surface area contributed by atoms with Crippen molar-refractivity contribution >= 4 is 22.7 Å². The van der Waals surface area contributed by atoms with Gasteiger partial charge in [0.1, 0.15) is 11.9 Å². The van der Waals surface area contributed by atoms with Crippen molar-refractivity contribution in [1.29, 1.82) is 5.26 Å². The molecule has 25 heavy (non-hydrogen) atoms. The van der Waals surface area contributed by atoms with E-state index in [0.29, 0.717) is 29.5 Å². The molecule has 5 nitrogen and oxygen atoms in total. The number of hydrogen-bond donors (Lipinski definition) is 1. The van der Waals surface area contributed by atoms with Gasteiger partial charge in [-0.15, -0.1) is 0 Å². The molecule has 126 valence electrons. The molecule has 0 fully saturated rings. The average Bonchev–Trinajstić information content (AvgIpc) is 3.03. The van der Waals surface area contributed by atoms with Gasteiger partial charge in [-0.1, -0.05) is 12.1 Å². The van der Waals surface area contributed by atoms with Gasteiger partial charge >= 0.3 is 0 Å². The van der Waals surface area contributed by atoms with E-state index >= 15 is 0 Å². The molecule has 3 rings (SSSR count). The normalized spacial score (nSPS) is 11.4. The zero-order chi connectivity index (χ0) is 17.8. The Morgan fingerprint density at radius 2 is 2.08 bits per heavy atom. The Morgan fingerprint density at radius 3 is 2.80 bits per heavy atom. The van der Waals surface area contributed by atoms with Crippen LogP contribution in [-0.4, -0.2) is 23.7 Å². The predicted octanol–water partition coefficient (Wildman–Crippen LogP) is 4.34. The molecule has 0 spiro atoms. The van der Waals surface area contributed by atoms with Crippen molar-refractivity contribution in [2.75, 3.05) is 13.7 Å². The summed E-state index contributed by atoms with van der Waals surface area (Å²) in [6.45, 7) is 4.50. The van der Waals surface area contributed by atoms with E-state index in [1.807, 2.05) is 50.2 Å². The Balaban J connectivity index is 2.00. The van der Waals surface area contributed by atoms with Crippen LogP contribution in [0.15, 0.2) is 36.4 Å². The van der Waals surface area contributed by atoms with Crippen molar-refractivity contribution in [3.05, 3.63) is 53.3 Å². The number of allylic oxidation sites excluding steroid dienone is 1. The van der Waals surface area contributed by atoms with Crippen LogP contribution in [0.2, 0.25) is 0 Å². The van der Waals surface area contributed by atoms with Gasteiger partial charge in [-0.25, -0.2) is 4.98 Å². The van der Waals surface area contributed by atoms with E-state index in [1.54, 1.807) is 13.2 Å². The van der Waals surface area contributed by atoms with Gasteiger partial charge in [-0.2, -0.15) is 5.26 Å². The highest BCUT2D eigenvalue weighted by atomic mass is 16.5. The second-order valence-electron chi connectivity index (χ2n) is 5.62. The summed E-state index contributed by atoms with van der Waals surface area (Å²) in [6, 6.07) is 13.7. The predicted molar refractivity (Wildman–Crippen MR) is 98.5 cm³/mol. The van der Waals surface area contributed by atoms with Gasteiger partial charge in [0.25, 0.3) is 0 Å². The molecule has 0 atom stereocenters. The SMILES string of the molecule is CCOc1ccc(/C=C(\C#N)c2nc3ccc(C)cc3[nH]2)cc1OC. The number of nitrogens with one attached hydrogen (secondary N) is 1. The van der Waals surface area contributed by atoms with Gasteiger partial charge < -0.3 is 14.5 Å². The summed E-state index contributed by atoms with van der Waals surface area (Å²) in [4.78, 5) is 7.72. The fraction of sp³-hybridized carbons (Fsp3) is 0.200. The van der Waals surface area contributed by atoms with Gasteiger partial charge in [0.2, 0.25) is 0 Å².